The van der Waals surface area contributed by atoms with Gasteiger partial charge in [-0.15, -0.1) is 0 Å². The van der Waals surface area contributed by atoms with Crippen molar-refractivity contribution in [2.75, 3.05) is 12.9 Å². The lowest BCUT2D eigenvalue weighted by Gasteiger charge is -2.20. The smallest absolute Gasteiger partial charge is 0.308 e. The lowest BCUT2D eigenvalue weighted by Crippen LogP contribution is -2.25. The summed E-state index contributed by atoms with van der Waals surface area (Å²) in [6, 6.07) is 0. The summed E-state index contributed by atoms with van der Waals surface area (Å²) < 4.78 is 34.5. The van der Waals surface area contributed by atoms with Gasteiger partial charge in [0.05, 0.1) is 18.8 Å². The van der Waals surface area contributed by atoms with E-state index in [4.69, 9.17) is 9.66 Å². The SMILES string of the molecule is COC(=O)C(C)C(CCC(=O)O)CCS(=O)(=O)O. The van der Waals surface area contributed by atoms with E-state index in [0.29, 0.717) is 0 Å². The van der Waals surface area contributed by atoms with Gasteiger partial charge < -0.3 is 9.84 Å². The van der Waals surface area contributed by atoms with Crippen LogP contribution in [0.4, 0.5) is 0 Å². The molecule has 18 heavy (non-hydrogen) atoms. The molecule has 0 bridgehead atoms. The summed E-state index contributed by atoms with van der Waals surface area (Å²) in [4.78, 5) is 21.8. The molecule has 0 aliphatic rings. The molecule has 0 rings (SSSR count). The highest BCUT2D eigenvalue weighted by molar-refractivity contribution is 7.85. The molecule has 0 saturated heterocycles. The second-order valence-corrected chi connectivity index (χ2v) is 5.65. The highest BCUT2D eigenvalue weighted by atomic mass is 32.2. The minimum atomic E-state index is -4.12. The van der Waals surface area contributed by atoms with Crippen molar-refractivity contribution in [1.82, 2.24) is 0 Å². The van der Waals surface area contributed by atoms with Crippen molar-refractivity contribution in [3.8, 4) is 0 Å². The first-order valence-corrected chi connectivity index (χ1v) is 7.03. The lowest BCUT2D eigenvalue weighted by molar-refractivity contribution is -0.147. The Labute approximate surface area is 106 Å². The predicted molar refractivity (Wildman–Crippen MR) is 62.6 cm³/mol. The van der Waals surface area contributed by atoms with Crippen LogP contribution in [-0.2, 0) is 24.4 Å². The average Bonchev–Trinajstić information content (AvgIpc) is 2.25. The molecule has 0 heterocycles. The van der Waals surface area contributed by atoms with Crippen LogP contribution >= 0.6 is 0 Å². The number of carbonyl (C=O) groups excluding carboxylic acids is 1. The number of carboxylic acids is 1. The molecule has 2 atom stereocenters. The van der Waals surface area contributed by atoms with Crippen LogP contribution in [0.15, 0.2) is 0 Å². The van der Waals surface area contributed by atoms with E-state index in [9.17, 15) is 18.0 Å². The van der Waals surface area contributed by atoms with Gasteiger partial charge >= 0.3 is 11.9 Å². The van der Waals surface area contributed by atoms with E-state index in [0.717, 1.165) is 0 Å². The zero-order valence-electron chi connectivity index (χ0n) is 10.3. The van der Waals surface area contributed by atoms with Gasteiger partial charge in [-0.25, -0.2) is 0 Å². The quantitative estimate of drug-likeness (QED) is 0.493. The molecule has 2 unspecified atom stereocenters. The first kappa shape index (κ1) is 16.9. The summed E-state index contributed by atoms with van der Waals surface area (Å²) >= 11 is 0. The van der Waals surface area contributed by atoms with Crippen molar-refractivity contribution in [2.45, 2.75) is 26.2 Å². The summed E-state index contributed by atoms with van der Waals surface area (Å²) in [5.41, 5.74) is 0. The number of carbonyl (C=O) groups is 2. The minimum absolute atomic E-state index is 0.0163. The summed E-state index contributed by atoms with van der Waals surface area (Å²) in [6.45, 7) is 1.54. The van der Waals surface area contributed by atoms with Crippen LogP contribution in [0.2, 0.25) is 0 Å². The molecule has 0 aromatic carbocycles. The zero-order valence-corrected chi connectivity index (χ0v) is 11.1. The number of hydrogen-bond donors (Lipinski definition) is 2. The number of rotatable bonds is 8. The molecule has 0 aromatic heterocycles. The van der Waals surface area contributed by atoms with Gasteiger partial charge in [-0.05, 0) is 18.8 Å². The molecule has 7 nitrogen and oxygen atoms in total. The standard InChI is InChI=1S/C10H18O7S/c1-7(10(13)17-2)8(3-4-9(11)12)5-6-18(14,15)16/h7-8H,3-6H2,1-2H3,(H,11,12)(H,14,15,16). The van der Waals surface area contributed by atoms with Crippen molar-refractivity contribution >= 4 is 22.1 Å². The Kier molecular flexibility index (Phi) is 6.85. The monoisotopic (exact) mass is 282 g/mol. The molecule has 106 valence electrons. The third kappa shape index (κ3) is 7.23. The largest absolute Gasteiger partial charge is 0.481 e. The molecule has 0 spiro atoms. The van der Waals surface area contributed by atoms with Gasteiger partial charge in [-0.3, -0.25) is 14.1 Å². The summed E-state index contributed by atoms with van der Waals surface area (Å²) in [6.07, 6.45) is 0.000969. The van der Waals surface area contributed by atoms with Crippen LogP contribution in [0, 0.1) is 11.8 Å². The van der Waals surface area contributed by atoms with Crippen molar-refractivity contribution in [3.05, 3.63) is 0 Å². The van der Waals surface area contributed by atoms with Crippen LogP contribution in [0.3, 0.4) is 0 Å². The molecule has 8 heteroatoms. The highest BCUT2D eigenvalue weighted by Crippen LogP contribution is 2.23. The van der Waals surface area contributed by atoms with Crippen molar-refractivity contribution < 1.29 is 32.4 Å². The van der Waals surface area contributed by atoms with Gasteiger partial charge in [-0.2, -0.15) is 8.42 Å². The molecule has 0 aromatic rings. The van der Waals surface area contributed by atoms with Gasteiger partial charge in [0.15, 0.2) is 0 Å². The highest BCUT2D eigenvalue weighted by Gasteiger charge is 2.26. The van der Waals surface area contributed by atoms with E-state index in [-0.39, 0.29) is 19.3 Å². The van der Waals surface area contributed by atoms with Crippen molar-refractivity contribution in [1.29, 1.82) is 0 Å². The van der Waals surface area contributed by atoms with E-state index in [1.54, 1.807) is 6.92 Å². The Hall–Kier alpha value is -1.15. The number of methoxy groups -OCH3 is 1. The molecular weight excluding hydrogens is 264 g/mol. The molecule has 0 fully saturated rings. The van der Waals surface area contributed by atoms with E-state index in [1.165, 1.54) is 7.11 Å². The van der Waals surface area contributed by atoms with Crippen LogP contribution < -0.4 is 0 Å². The Morgan fingerprint density at radius 2 is 1.83 bits per heavy atom. The number of aliphatic carboxylic acids is 1. The van der Waals surface area contributed by atoms with E-state index in [1.807, 2.05) is 0 Å². The van der Waals surface area contributed by atoms with Gasteiger partial charge in [0, 0.05) is 6.42 Å². The molecule has 2 N–H and O–H groups in total. The van der Waals surface area contributed by atoms with Crippen LogP contribution in [0.25, 0.3) is 0 Å². The first-order chi connectivity index (χ1) is 8.17. The van der Waals surface area contributed by atoms with Gasteiger partial charge in [0.25, 0.3) is 10.1 Å². The second-order valence-electron chi connectivity index (χ2n) is 4.08. The maximum atomic E-state index is 11.3. The normalized spacial score (nSPS) is 14.8. The van der Waals surface area contributed by atoms with Gasteiger partial charge in [0.1, 0.15) is 0 Å². The predicted octanol–water partition coefficient (Wildman–Crippen LogP) is 0.554. The average molecular weight is 282 g/mol. The first-order valence-electron chi connectivity index (χ1n) is 5.42. The van der Waals surface area contributed by atoms with Crippen LogP contribution in [-0.4, -0.2) is 42.9 Å². The molecule has 0 saturated carbocycles. The maximum absolute atomic E-state index is 11.3. The number of carboxylic acid groups (broad SMARTS) is 1. The minimum Gasteiger partial charge on any atom is -0.481 e. The lowest BCUT2D eigenvalue weighted by atomic mass is 9.87. The van der Waals surface area contributed by atoms with Gasteiger partial charge in [0.2, 0.25) is 0 Å². The summed E-state index contributed by atoms with van der Waals surface area (Å²) in [5.74, 6) is -3.13. The zero-order chi connectivity index (χ0) is 14.3. The summed E-state index contributed by atoms with van der Waals surface area (Å²) in [7, 11) is -2.92. The van der Waals surface area contributed by atoms with E-state index < -0.39 is 39.6 Å². The number of esters is 1. The fraction of sp³-hybridized carbons (Fsp3) is 0.800. The second kappa shape index (κ2) is 7.32. The molecule has 0 aliphatic heterocycles. The maximum Gasteiger partial charge on any atom is 0.308 e. The fourth-order valence-corrected chi connectivity index (χ4v) is 2.23. The van der Waals surface area contributed by atoms with Crippen LogP contribution in [0.5, 0.6) is 0 Å². The Morgan fingerprint density at radius 3 is 2.22 bits per heavy atom. The molecule has 0 radical (unpaired) electrons. The van der Waals surface area contributed by atoms with Crippen molar-refractivity contribution in [3.63, 3.8) is 0 Å². The van der Waals surface area contributed by atoms with Crippen molar-refractivity contribution in [2.24, 2.45) is 11.8 Å². The van der Waals surface area contributed by atoms with Crippen LogP contribution in [0.1, 0.15) is 26.2 Å². The number of hydrogen-bond acceptors (Lipinski definition) is 5. The van der Waals surface area contributed by atoms with Gasteiger partial charge in [-0.1, -0.05) is 6.92 Å². The number of ether oxygens (including phenoxy) is 1. The Morgan fingerprint density at radius 1 is 1.28 bits per heavy atom. The Bertz CT molecular complexity index is 387. The third-order valence-corrected chi connectivity index (χ3v) is 3.51. The third-order valence-electron chi connectivity index (χ3n) is 2.76. The molecular formula is C10H18O7S. The molecule has 0 aliphatic carbocycles. The van der Waals surface area contributed by atoms with E-state index >= 15 is 0 Å². The van der Waals surface area contributed by atoms with E-state index in [2.05, 4.69) is 4.74 Å². The topological polar surface area (TPSA) is 118 Å². The summed E-state index contributed by atoms with van der Waals surface area (Å²) in [5, 5.41) is 8.58. The molecule has 0 amide bonds. The Balaban J connectivity index is 4.60. The fourth-order valence-electron chi connectivity index (χ4n) is 1.63.